The molecule has 1 heterocycles. The van der Waals surface area contributed by atoms with E-state index < -0.39 is 23.8 Å². The highest BCUT2D eigenvalue weighted by Gasteiger charge is 2.41. The molecule has 126 valence electrons. The number of carbonyl (C=O) groups excluding carboxylic acids is 2. The minimum Gasteiger partial charge on any atom is -0.461 e. The lowest BCUT2D eigenvalue weighted by Crippen LogP contribution is -2.47. The minimum absolute atomic E-state index is 0.204. The molecule has 0 bridgehead atoms. The summed E-state index contributed by atoms with van der Waals surface area (Å²) >= 11 is 0. The minimum atomic E-state index is -0.715. The Labute approximate surface area is 136 Å². The summed E-state index contributed by atoms with van der Waals surface area (Å²) in [6.07, 6.45) is -0.731. The molecular formula is C17H24N2O4. The van der Waals surface area contributed by atoms with Gasteiger partial charge in [0, 0.05) is 6.54 Å². The number of nitrogens with two attached hydrogens (primary N) is 1. The normalized spacial score (nSPS) is 21.1. The number of amides is 1. The molecule has 1 aromatic carbocycles. The van der Waals surface area contributed by atoms with Gasteiger partial charge in [0.15, 0.2) is 0 Å². The van der Waals surface area contributed by atoms with E-state index in [1.54, 1.807) is 20.8 Å². The molecule has 1 aliphatic heterocycles. The highest BCUT2D eigenvalue weighted by atomic mass is 16.6. The number of hydrogen-bond donors (Lipinski definition) is 1. The summed E-state index contributed by atoms with van der Waals surface area (Å²) in [5.74, 6) is -0.904. The van der Waals surface area contributed by atoms with Gasteiger partial charge >= 0.3 is 12.1 Å². The number of esters is 1. The largest absolute Gasteiger partial charge is 0.461 e. The van der Waals surface area contributed by atoms with E-state index in [4.69, 9.17) is 15.2 Å². The maximum absolute atomic E-state index is 12.2. The van der Waals surface area contributed by atoms with E-state index in [2.05, 4.69) is 0 Å². The maximum Gasteiger partial charge on any atom is 0.411 e. The van der Waals surface area contributed by atoms with Crippen molar-refractivity contribution in [3.8, 4) is 0 Å². The van der Waals surface area contributed by atoms with E-state index in [-0.39, 0.29) is 12.6 Å². The number of carbonyl (C=O) groups is 2. The SMILES string of the molecule is CC(C)(C)OC(=O)N1CC[C@@H](C(=O)OCc2ccccc2)[C@@H]1N. The van der Waals surface area contributed by atoms with Gasteiger partial charge in [-0.1, -0.05) is 30.3 Å². The van der Waals surface area contributed by atoms with Crippen LogP contribution in [0.4, 0.5) is 4.79 Å². The summed E-state index contributed by atoms with van der Waals surface area (Å²) in [6, 6.07) is 9.43. The Balaban J connectivity index is 1.89. The second-order valence-electron chi connectivity index (χ2n) is 6.65. The van der Waals surface area contributed by atoms with Crippen LogP contribution in [-0.2, 0) is 20.9 Å². The first kappa shape index (κ1) is 17.3. The fourth-order valence-electron chi connectivity index (χ4n) is 2.44. The molecular weight excluding hydrogens is 296 g/mol. The van der Waals surface area contributed by atoms with Gasteiger partial charge < -0.3 is 15.2 Å². The summed E-state index contributed by atoms with van der Waals surface area (Å²) in [6.45, 7) is 5.96. The van der Waals surface area contributed by atoms with Crippen molar-refractivity contribution in [2.75, 3.05) is 6.54 Å². The molecule has 1 fully saturated rings. The highest BCUT2D eigenvalue weighted by molar-refractivity contribution is 5.76. The van der Waals surface area contributed by atoms with Crippen LogP contribution in [0.5, 0.6) is 0 Å². The van der Waals surface area contributed by atoms with Crippen LogP contribution in [0.25, 0.3) is 0 Å². The van der Waals surface area contributed by atoms with Crippen molar-refractivity contribution in [2.24, 2.45) is 11.7 Å². The molecule has 1 aliphatic rings. The van der Waals surface area contributed by atoms with Gasteiger partial charge in [-0.05, 0) is 32.8 Å². The van der Waals surface area contributed by atoms with E-state index in [0.717, 1.165) is 5.56 Å². The molecule has 23 heavy (non-hydrogen) atoms. The maximum atomic E-state index is 12.2. The van der Waals surface area contributed by atoms with Gasteiger partial charge in [0.1, 0.15) is 12.2 Å². The molecule has 1 amide bonds. The highest BCUT2D eigenvalue weighted by Crippen LogP contribution is 2.24. The van der Waals surface area contributed by atoms with Crippen molar-refractivity contribution in [3.05, 3.63) is 35.9 Å². The van der Waals surface area contributed by atoms with Gasteiger partial charge in [0.2, 0.25) is 0 Å². The second kappa shape index (κ2) is 7.00. The lowest BCUT2D eigenvalue weighted by atomic mass is 10.1. The average Bonchev–Trinajstić information content (AvgIpc) is 2.86. The summed E-state index contributed by atoms with van der Waals surface area (Å²) < 4.78 is 10.6. The Morgan fingerprint density at radius 2 is 1.91 bits per heavy atom. The molecule has 0 aromatic heterocycles. The third-order valence-electron chi connectivity index (χ3n) is 3.61. The predicted octanol–water partition coefficient (Wildman–Crippen LogP) is 2.27. The van der Waals surface area contributed by atoms with Crippen LogP contribution in [0.1, 0.15) is 32.8 Å². The number of nitrogens with zero attached hydrogens (tertiary/aromatic N) is 1. The smallest absolute Gasteiger partial charge is 0.411 e. The van der Waals surface area contributed by atoms with Crippen molar-refractivity contribution in [1.29, 1.82) is 0 Å². The molecule has 0 saturated carbocycles. The zero-order valence-electron chi connectivity index (χ0n) is 13.8. The van der Waals surface area contributed by atoms with E-state index in [1.807, 2.05) is 30.3 Å². The first-order chi connectivity index (χ1) is 10.8. The summed E-state index contributed by atoms with van der Waals surface area (Å²) in [4.78, 5) is 25.7. The van der Waals surface area contributed by atoms with Crippen LogP contribution < -0.4 is 5.73 Å². The van der Waals surface area contributed by atoms with Crippen LogP contribution in [-0.4, -0.2) is 35.3 Å². The van der Waals surface area contributed by atoms with Crippen molar-refractivity contribution < 1.29 is 19.1 Å². The molecule has 1 saturated heterocycles. The molecule has 2 atom stereocenters. The molecule has 6 nitrogen and oxygen atoms in total. The third kappa shape index (κ3) is 4.69. The van der Waals surface area contributed by atoms with Crippen molar-refractivity contribution in [2.45, 2.75) is 45.6 Å². The second-order valence-corrected chi connectivity index (χ2v) is 6.65. The summed E-state index contributed by atoms with van der Waals surface area (Å²) in [5.41, 5.74) is 6.36. The third-order valence-corrected chi connectivity index (χ3v) is 3.61. The van der Waals surface area contributed by atoms with Crippen molar-refractivity contribution in [1.82, 2.24) is 4.90 Å². The van der Waals surface area contributed by atoms with Gasteiger partial charge in [0.05, 0.1) is 12.1 Å². The van der Waals surface area contributed by atoms with Crippen molar-refractivity contribution >= 4 is 12.1 Å². The summed E-state index contributed by atoms with van der Waals surface area (Å²) in [7, 11) is 0. The topological polar surface area (TPSA) is 81.9 Å². The predicted molar refractivity (Wildman–Crippen MR) is 85.3 cm³/mol. The lowest BCUT2D eigenvalue weighted by Gasteiger charge is -2.27. The Morgan fingerprint density at radius 1 is 1.26 bits per heavy atom. The monoisotopic (exact) mass is 320 g/mol. The molecule has 6 heteroatoms. The number of ether oxygens (including phenoxy) is 2. The summed E-state index contributed by atoms with van der Waals surface area (Å²) in [5, 5.41) is 0. The van der Waals surface area contributed by atoms with Crippen LogP contribution in [0.15, 0.2) is 30.3 Å². The van der Waals surface area contributed by atoms with Crippen LogP contribution >= 0.6 is 0 Å². The zero-order valence-corrected chi connectivity index (χ0v) is 13.8. The van der Waals surface area contributed by atoms with E-state index >= 15 is 0 Å². The molecule has 0 unspecified atom stereocenters. The first-order valence-electron chi connectivity index (χ1n) is 7.74. The van der Waals surface area contributed by atoms with Crippen LogP contribution in [0, 0.1) is 5.92 Å². The molecule has 1 aromatic rings. The molecule has 2 rings (SSSR count). The van der Waals surface area contributed by atoms with E-state index in [9.17, 15) is 9.59 Å². The standard InChI is InChI=1S/C17H24N2O4/c1-17(2,3)23-16(21)19-10-9-13(14(19)18)15(20)22-11-12-7-5-4-6-8-12/h4-8,13-14H,9-11,18H2,1-3H3/t13-,14-/m1/s1. The van der Waals surface area contributed by atoms with Crippen LogP contribution in [0.3, 0.4) is 0 Å². The fourth-order valence-corrected chi connectivity index (χ4v) is 2.44. The molecule has 0 aliphatic carbocycles. The molecule has 0 spiro atoms. The Morgan fingerprint density at radius 3 is 2.52 bits per heavy atom. The Bertz CT molecular complexity index is 553. The van der Waals surface area contributed by atoms with Gasteiger partial charge in [-0.2, -0.15) is 0 Å². The quantitative estimate of drug-likeness (QED) is 0.864. The number of benzene rings is 1. The number of hydrogen-bond acceptors (Lipinski definition) is 5. The molecule has 0 radical (unpaired) electrons. The van der Waals surface area contributed by atoms with Gasteiger partial charge in [-0.15, -0.1) is 0 Å². The fraction of sp³-hybridized carbons (Fsp3) is 0.529. The first-order valence-corrected chi connectivity index (χ1v) is 7.74. The Hall–Kier alpha value is -2.08. The number of rotatable bonds is 3. The average molecular weight is 320 g/mol. The van der Waals surface area contributed by atoms with Gasteiger partial charge in [0.25, 0.3) is 0 Å². The van der Waals surface area contributed by atoms with Gasteiger partial charge in [-0.3, -0.25) is 9.69 Å². The Kier molecular flexibility index (Phi) is 5.26. The van der Waals surface area contributed by atoms with Crippen LogP contribution in [0.2, 0.25) is 0 Å². The zero-order chi connectivity index (χ0) is 17.0. The van der Waals surface area contributed by atoms with E-state index in [0.29, 0.717) is 13.0 Å². The number of likely N-dealkylation sites (tertiary alicyclic amines) is 1. The van der Waals surface area contributed by atoms with Crippen molar-refractivity contribution in [3.63, 3.8) is 0 Å². The molecule has 2 N–H and O–H groups in total. The lowest BCUT2D eigenvalue weighted by molar-refractivity contribution is -0.150. The van der Waals surface area contributed by atoms with E-state index in [1.165, 1.54) is 4.90 Å². The van der Waals surface area contributed by atoms with Gasteiger partial charge in [-0.25, -0.2) is 4.79 Å².